The molecule has 0 spiro atoms. The van der Waals surface area contributed by atoms with Gasteiger partial charge in [-0.05, 0) is 55.5 Å². The molecule has 0 aliphatic heterocycles. The van der Waals surface area contributed by atoms with E-state index in [2.05, 4.69) is 15.8 Å². The lowest BCUT2D eigenvalue weighted by atomic mass is 10.2. The topological polar surface area (TPSA) is 73.8 Å². The number of carbonyl (C=O) groups is 2. The predicted octanol–water partition coefficient (Wildman–Crippen LogP) is 3.54. The summed E-state index contributed by atoms with van der Waals surface area (Å²) in [6, 6.07) is 14.0. The minimum atomic E-state index is -0.360. The van der Waals surface area contributed by atoms with Gasteiger partial charge in [0.05, 0.1) is 6.42 Å². The molecular weight excluding hydrogens is 352 g/mol. The molecule has 0 bridgehead atoms. The fourth-order valence-corrected chi connectivity index (χ4v) is 2.26. The fraction of sp³-hybridized carbons (Fsp3) is 0.211. The van der Waals surface area contributed by atoms with Crippen LogP contribution in [0, 0.1) is 0 Å². The molecule has 0 aromatic heterocycles. The van der Waals surface area contributed by atoms with Gasteiger partial charge in [-0.15, -0.1) is 0 Å². The number of benzene rings is 2. The van der Waals surface area contributed by atoms with Crippen molar-refractivity contribution in [2.45, 2.75) is 13.3 Å². The fourth-order valence-electron chi connectivity index (χ4n) is 2.13. The summed E-state index contributed by atoms with van der Waals surface area (Å²) < 4.78 is 0. The SMILES string of the molecule is CC(CC(=O)Nc1ccc(N(C)C)cc1)=NNC(=O)c1ccc(Cl)cc1. The molecule has 2 aromatic rings. The van der Waals surface area contributed by atoms with Gasteiger partial charge in [0.2, 0.25) is 5.91 Å². The van der Waals surface area contributed by atoms with Crippen LogP contribution in [0.15, 0.2) is 53.6 Å². The van der Waals surface area contributed by atoms with E-state index in [0.29, 0.717) is 22.0 Å². The molecule has 0 saturated carbocycles. The zero-order valence-corrected chi connectivity index (χ0v) is 15.7. The van der Waals surface area contributed by atoms with Crippen LogP contribution in [0.2, 0.25) is 5.02 Å². The Bertz CT molecular complexity index is 799. The Morgan fingerprint density at radius 3 is 2.23 bits per heavy atom. The number of hydrogen-bond donors (Lipinski definition) is 2. The van der Waals surface area contributed by atoms with Crippen LogP contribution in [-0.2, 0) is 4.79 Å². The van der Waals surface area contributed by atoms with Crippen molar-refractivity contribution >= 4 is 40.5 Å². The van der Waals surface area contributed by atoms with Crippen molar-refractivity contribution in [2.24, 2.45) is 5.10 Å². The lowest BCUT2D eigenvalue weighted by molar-refractivity contribution is -0.115. The first kappa shape index (κ1) is 19.5. The lowest BCUT2D eigenvalue weighted by Gasteiger charge is -2.13. The van der Waals surface area contributed by atoms with Crippen LogP contribution in [0.4, 0.5) is 11.4 Å². The summed E-state index contributed by atoms with van der Waals surface area (Å²) in [5, 5.41) is 7.31. The zero-order valence-electron chi connectivity index (χ0n) is 14.9. The summed E-state index contributed by atoms with van der Waals surface area (Å²) in [5.74, 6) is -0.565. The first-order valence-corrected chi connectivity index (χ1v) is 8.39. The van der Waals surface area contributed by atoms with Crippen molar-refractivity contribution in [3.05, 3.63) is 59.1 Å². The van der Waals surface area contributed by atoms with E-state index in [0.717, 1.165) is 5.69 Å². The van der Waals surface area contributed by atoms with Gasteiger partial charge in [0.1, 0.15) is 0 Å². The van der Waals surface area contributed by atoms with Crippen molar-refractivity contribution in [1.29, 1.82) is 0 Å². The first-order chi connectivity index (χ1) is 12.3. The Kier molecular flexibility index (Phi) is 6.74. The summed E-state index contributed by atoms with van der Waals surface area (Å²) >= 11 is 5.79. The van der Waals surface area contributed by atoms with Crippen molar-refractivity contribution in [3.63, 3.8) is 0 Å². The van der Waals surface area contributed by atoms with Crippen LogP contribution in [0.1, 0.15) is 23.7 Å². The molecule has 6 nitrogen and oxygen atoms in total. The molecule has 2 aromatic carbocycles. The minimum absolute atomic E-state index is 0.0797. The summed E-state index contributed by atoms with van der Waals surface area (Å²) in [5.41, 5.74) is 5.12. The number of anilines is 2. The van der Waals surface area contributed by atoms with Gasteiger partial charge in [0, 0.05) is 41.8 Å². The van der Waals surface area contributed by atoms with Crippen LogP contribution in [0.5, 0.6) is 0 Å². The van der Waals surface area contributed by atoms with E-state index in [-0.39, 0.29) is 18.2 Å². The maximum absolute atomic E-state index is 12.1. The molecule has 0 aliphatic rings. The molecule has 136 valence electrons. The van der Waals surface area contributed by atoms with E-state index in [1.54, 1.807) is 31.2 Å². The molecule has 26 heavy (non-hydrogen) atoms. The number of amides is 2. The minimum Gasteiger partial charge on any atom is -0.378 e. The molecule has 0 atom stereocenters. The van der Waals surface area contributed by atoms with Crippen molar-refractivity contribution in [1.82, 2.24) is 5.43 Å². The second-order valence-corrected chi connectivity index (χ2v) is 6.40. The quantitative estimate of drug-likeness (QED) is 0.601. The third-order valence-corrected chi connectivity index (χ3v) is 3.79. The van der Waals surface area contributed by atoms with E-state index < -0.39 is 0 Å². The summed E-state index contributed by atoms with van der Waals surface area (Å²) in [6.45, 7) is 1.68. The Balaban J connectivity index is 1.86. The molecule has 2 amide bonds. The maximum atomic E-state index is 12.1. The molecule has 0 aliphatic carbocycles. The predicted molar refractivity (Wildman–Crippen MR) is 106 cm³/mol. The number of nitrogens with one attached hydrogen (secondary N) is 2. The smallest absolute Gasteiger partial charge is 0.271 e. The van der Waals surface area contributed by atoms with Crippen LogP contribution in [-0.4, -0.2) is 31.6 Å². The summed E-state index contributed by atoms with van der Waals surface area (Å²) in [6.07, 6.45) is 0.0797. The average Bonchev–Trinajstić information content (AvgIpc) is 2.60. The third kappa shape index (κ3) is 5.89. The number of carbonyl (C=O) groups excluding carboxylic acids is 2. The van der Waals surface area contributed by atoms with Gasteiger partial charge in [0.25, 0.3) is 5.91 Å². The zero-order chi connectivity index (χ0) is 19.1. The van der Waals surface area contributed by atoms with E-state index in [4.69, 9.17) is 11.6 Å². The second-order valence-electron chi connectivity index (χ2n) is 5.96. The van der Waals surface area contributed by atoms with E-state index >= 15 is 0 Å². The molecule has 0 saturated heterocycles. The van der Waals surface area contributed by atoms with Gasteiger partial charge in [0.15, 0.2) is 0 Å². The molecule has 0 radical (unpaired) electrons. The number of halogens is 1. The maximum Gasteiger partial charge on any atom is 0.271 e. The number of hydrazone groups is 1. The molecular formula is C19H21ClN4O2. The molecule has 7 heteroatoms. The van der Waals surface area contributed by atoms with Crippen molar-refractivity contribution < 1.29 is 9.59 Å². The monoisotopic (exact) mass is 372 g/mol. The number of hydrogen-bond acceptors (Lipinski definition) is 4. The average molecular weight is 373 g/mol. The van der Waals surface area contributed by atoms with Crippen LogP contribution in [0.3, 0.4) is 0 Å². The van der Waals surface area contributed by atoms with Crippen LogP contribution in [0.25, 0.3) is 0 Å². The highest BCUT2D eigenvalue weighted by molar-refractivity contribution is 6.30. The molecule has 0 fully saturated rings. The molecule has 0 unspecified atom stereocenters. The van der Waals surface area contributed by atoms with E-state index in [1.807, 2.05) is 43.3 Å². The molecule has 2 N–H and O–H groups in total. The Morgan fingerprint density at radius 1 is 1.04 bits per heavy atom. The highest BCUT2D eigenvalue weighted by Gasteiger charge is 2.07. The highest BCUT2D eigenvalue weighted by atomic mass is 35.5. The highest BCUT2D eigenvalue weighted by Crippen LogP contribution is 2.15. The van der Waals surface area contributed by atoms with Gasteiger partial charge in [-0.25, -0.2) is 5.43 Å². The standard InChI is InChI=1S/C19H21ClN4O2/c1-13(22-23-19(26)14-4-6-15(20)7-5-14)12-18(25)21-16-8-10-17(11-9-16)24(2)3/h4-11H,12H2,1-3H3,(H,21,25)(H,23,26). The number of rotatable bonds is 6. The van der Waals surface area contributed by atoms with Gasteiger partial charge in [-0.3, -0.25) is 9.59 Å². The Morgan fingerprint density at radius 2 is 1.65 bits per heavy atom. The first-order valence-electron chi connectivity index (χ1n) is 8.01. The van der Waals surface area contributed by atoms with Gasteiger partial charge >= 0.3 is 0 Å². The van der Waals surface area contributed by atoms with Crippen LogP contribution >= 0.6 is 11.6 Å². The van der Waals surface area contributed by atoms with Gasteiger partial charge < -0.3 is 10.2 Å². The van der Waals surface area contributed by atoms with E-state index in [1.165, 1.54) is 0 Å². The lowest BCUT2D eigenvalue weighted by Crippen LogP contribution is -2.21. The third-order valence-electron chi connectivity index (χ3n) is 3.54. The second kappa shape index (κ2) is 9.01. The van der Waals surface area contributed by atoms with Crippen molar-refractivity contribution in [2.75, 3.05) is 24.3 Å². The van der Waals surface area contributed by atoms with E-state index in [9.17, 15) is 9.59 Å². The van der Waals surface area contributed by atoms with Gasteiger partial charge in [-0.2, -0.15) is 5.10 Å². The normalized spacial score (nSPS) is 11.0. The Hall–Kier alpha value is -2.86. The largest absolute Gasteiger partial charge is 0.378 e. The summed E-state index contributed by atoms with van der Waals surface area (Å²) in [7, 11) is 3.90. The summed E-state index contributed by atoms with van der Waals surface area (Å²) in [4.78, 5) is 26.0. The Labute approximate surface area is 157 Å². The van der Waals surface area contributed by atoms with Crippen LogP contribution < -0.4 is 15.6 Å². The van der Waals surface area contributed by atoms with Gasteiger partial charge in [-0.1, -0.05) is 11.6 Å². The van der Waals surface area contributed by atoms with Crippen molar-refractivity contribution in [3.8, 4) is 0 Å². The molecule has 2 rings (SSSR count). The number of nitrogens with zero attached hydrogens (tertiary/aromatic N) is 2. The molecule has 0 heterocycles.